The van der Waals surface area contributed by atoms with Crippen molar-refractivity contribution in [1.29, 1.82) is 0 Å². The van der Waals surface area contributed by atoms with Gasteiger partial charge in [-0.1, -0.05) is 80.6 Å². The molecule has 1 atom stereocenters. The quantitative estimate of drug-likeness (QED) is 0.395. The van der Waals surface area contributed by atoms with Crippen LogP contribution in [0.3, 0.4) is 0 Å². The number of hydrogen-bond donors (Lipinski definition) is 2. The number of esters is 1. The van der Waals surface area contributed by atoms with E-state index >= 15 is 0 Å². The summed E-state index contributed by atoms with van der Waals surface area (Å²) in [4.78, 5) is 37.5. The zero-order chi connectivity index (χ0) is 24.0. The summed E-state index contributed by atoms with van der Waals surface area (Å²) in [6, 6.07) is 23.8. The van der Waals surface area contributed by atoms with Crippen LogP contribution in [0.15, 0.2) is 84.9 Å². The molecule has 33 heavy (non-hydrogen) atoms. The summed E-state index contributed by atoms with van der Waals surface area (Å²) in [5.74, 6) is -2.25. The van der Waals surface area contributed by atoms with E-state index in [1.165, 1.54) is 6.07 Å². The Labute approximate surface area is 193 Å². The third-order valence-electron chi connectivity index (χ3n) is 5.64. The third kappa shape index (κ3) is 5.29. The van der Waals surface area contributed by atoms with Crippen molar-refractivity contribution in [3.05, 3.63) is 102 Å². The van der Waals surface area contributed by atoms with Crippen LogP contribution in [-0.4, -0.2) is 29.0 Å². The first-order chi connectivity index (χ1) is 15.7. The minimum absolute atomic E-state index is 0.196. The van der Waals surface area contributed by atoms with Crippen LogP contribution in [0, 0.1) is 5.92 Å². The molecule has 6 nitrogen and oxygen atoms in total. The van der Waals surface area contributed by atoms with E-state index in [0.717, 1.165) is 11.1 Å². The highest BCUT2D eigenvalue weighted by Gasteiger charge is 2.39. The van der Waals surface area contributed by atoms with Gasteiger partial charge in [-0.2, -0.15) is 0 Å². The SMILES string of the molecule is CC(C)C(NC(=O)c1cccc(OC(=O)C(C)(c2ccccc2)c2ccccc2)c1)C(=O)O. The molecule has 3 aromatic carbocycles. The first kappa shape index (κ1) is 23.7. The zero-order valence-corrected chi connectivity index (χ0v) is 18.8. The molecule has 1 unspecified atom stereocenters. The molecular weight excluding hydrogens is 418 g/mol. The van der Waals surface area contributed by atoms with Gasteiger partial charge in [0.25, 0.3) is 5.91 Å². The van der Waals surface area contributed by atoms with Crippen molar-refractivity contribution in [3.63, 3.8) is 0 Å². The van der Waals surface area contributed by atoms with Gasteiger partial charge in [0, 0.05) is 5.56 Å². The number of amides is 1. The van der Waals surface area contributed by atoms with Crippen LogP contribution in [0.4, 0.5) is 0 Å². The fourth-order valence-corrected chi connectivity index (χ4v) is 3.59. The molecule has 1 amide bonds. The van der Waals surface area contributed by atoms with Gasteiger partial charge in [0.05, 0.1) is 0 Å². The standard InChI is InChI=1S/C27H27NO5/c1-18(2)23(25(30)31)28-24(29)19-11-10-16-22(17-19)33-26(32)27(3,20-12-6-4-7-13-20)21-14-8-5-9-15-21/h4-18,23H,1-3H3,(H,28,29)(H,30,31). The molecule has 0 saturated carbocycles. The van der Waals surface area contributed by atoms with Crippen molar-refractivity contribution in [2.45, 2.75) is 32.2 Å². The van der Waals surface area contributed by atoms with Gasteiger partial charge in [-0.3, -0.25) is 9.59 Å². The van der Waals surface area contributed by atoms with Gasteiger partial charge >= 0.3 is 11.9 Å². The van der Waals surface area contributed by atoms with Gasteiger partial charge < -0.3 is 15.2 Å². The Morgan fingerprint density at radius 3 is 1.88 bits per heavy atom. The van der Waals surface area contributed by atoms with Crippen molar-refractivity contribution in [3.8, 4) is 5.75 Å². The summed E-state index contributed by atoms with van der Waals surface area (Å²) in [6.07, 6.45) is 0. The molecule has 3 rings (SSSR count). The van der Waals surface area contributed by atoms with Crippen LogP contribution in [0.25, 0.3) is 0 Å². The number of ether oxygens (including phenoxy) is 1. The fraction of sp³-hybridized carbons (Fsp3) is 0.222. The predicted octanol–water partition coefficient (Wildman–Crippen LogP) is 4.44. The number of carboxylic acids is 1. The summed E-state index contributed by atoms with van der Waals surface area (Å²) in [6.45, 7) is 5.23. The van der Waals surface area contributed by atoms with E-state index < -0.39 is 29.3 Å². The zero-order valence-electron chi connectivity index (χ0n) is 18.8. The maximum atomic E-state index is 13.5. The first-order valence-corrected chi connectivity index (χ1v) is 10.7. The van der Waals surface area contributed by atoms with Crippen LogP contribution >= 0.6 is 0 Å². The van der Waals surface area contributed by atoms with Gasteiger partial charge in [-0.05, 0) is 42.2 Å². The molecule has 0 aliphatic heterocycles. The van der Waals surface area contributed by atoms with Crippen LogP contribution < -0.4 is 10.1 Å². The molecule has 0 bridgehead atoms. The van der Waals surface area contributed by atoms with E-state index in [0.29, 0.717) is 0 Å². The van der Waals surface area contributed by atoms with E-state index in [4.69, 9.17) is 4.74 Å². The smallest absolute Gasteiger partial charge is 0.326 e. The van der Waals surface area contributed by atoms with Gasteiger partial charge in [0.15, 0.2) is 0 Å². The van der Waals surface area contributed by atoms with E-state index in [9.17, 15) is 19.5 Å². The van der Waals surface area contributed by atoms with Gasteiger partial charge in [0.1, 0.15) is 17.2 Å². The van der Waals surface area contributed by atoms with Gasteiger partial charge in [-0.15, -0.1) is 0 Å². The summed E-state index contributed by atoms with van der Waals surface area (Å²) in [5, 5.41) is 11.9. The van der Waals surface area contributed by atoms with Crippen molar-refractivity contribution >= 4 is 17.8 Å². The third-order valence-corrected chi connectivity index (χ3v) is 5.64. The van der Waals surface area contributed by atoms with Crippen LogP contribution in [0.5, 0.6) is 5.75 Å². The largest absolute Gasteiger partial charge is 0.480 e. The molecule has 3 aromatic rings. The number of carbonyl (C=O) groups excluding carboxylic acids is 2. The van der Waals surface area contributed by atoms with Crippen LogP contribution in [0.2, 0.25) is 0 Å². The number of rotatable bonds is 8. The number of carbonyl (C=O) groups is 3. The highest BCUT2D eigenvalue weighted by Crippen LogP contribution is 2.34. The molecular formula is C27H27NO5. The number of hydrogen-bond acceptors (Lipinski definition) is 4. The fourth-order valence-electron chi connectivity index (χ4n) is 3.59. The molecule has 6 heteroatoms. The minimum atomic E-state index is -1.11. The second-order valence-electron chi connectivity index (χ2n) is 8.31. The summed E-state index contributed by atoms with van der Waals surface area (Å²) < 4.78 is 5.74. The Morgan fingerprint density at radius 1 is 0.848 bits per heavy atom. The topological polar surface area (TPSA) is 92.7 Å². The molecule has 0 saturated heterocycles. The lowest BCUT2D eigenvalue weighted by molar-refractivity contribution is -0.140. The molecule has 0 aliphatic rings. The molecule has 0 spiro atoms. The van der Waals surface area contributed by atoms with Crippen molar-refractivity contribution < 1.29 is 24.2 Å². The van der Waals surface area contributed by atoms with Crippen molar-refractivity contribution in [2.24, 2.45) is 5.92 Å². The number of benzene rings is 3. The lowest BCUT2D eigenvalue weighted by Gasteiger charge is -2.28. The lowest BCUT2D eigenvalue weighted by Crippen LogP contribution is -2.44. The average molecular weight is 446 g/mol. The highest BCUT2D eigenvalue weighted by molar-refractivity contribution is 5.97. The lowest BCUT2D eigenvalue weighted by atomic mass is 9.76. The first-order valence-electron chi connectivity index (χ1n) is 10.7. The van der Waals surface area contributed by atoms with E-state index in [-0.39, 0.29) is 17.2 Å². The average Bonchev–Trinajstić information content (AvgIpc) is 2.82. The van der Waals surface area contributed by atoms with Crippen molar-refractivity contribution in [2.75, 3.05) is 0 Å². The highest BCUT2D eigenvalue weighted by atomic mass is 16.5. The Bertz CT molecular complexity index is 1090. The van der Waals surface area contributed by atoms with E-state index in [1.807, 2.05) is 60.7 Å². The van der Waals surface area contributed by atoms with Gasteiger partial charge in [-0.25, -0.2) is 4.79 Å². The monoisotopic (exact) mass is 445 g/mol. The summed E-state index contributed by atoms with van der Waals surface area (Å²) in [7, 11) is 0. The number of nitrogens with one attached hydrogen (secondary N) is 1. The second-order valence-corrected chi connectivity index (χ2v) is 8.31. The Balaban J connectivity index is 1.88. The van der Waals surface area contributed by atoms with E-state index in [1.54, 1.807) is 39.0 Å². The Morgan fingerprint density at radius 2 is 1.39 bits per heavy atom. The summed E-state index contributed by atoms with van der Waals surface area (Å²) in [5.41, 5.74) is 0.674. The van der Waals surface area contributed by atoms with Crippen LogP contribution in [-0.2, 0) is 15.0 Å². The van der Waals surface area contributed by atoms with E-state index in [2.05, 4.69) is 5.32 Å². The number of carboxylic acid groups (broad SMARTS) is 1. The normalized spacial score (nSPS) is 12.1. The van der Waals surface area contributed by atoms with Crippen molar-refractivity contribution in [1.82, 2.24) is 5.32 Å². The number of aliphatic carboxylic acids is 1. The molecule has 2 N–H and O–H groups in total. The Kier molecular flexibility index (Phi) is 7.28. The van der Waals surface area contributed by atoms with Gasteiger partial charge in [0.2, 0.25) is 0 Å². The molecule has 0 aliphatic carbocycles. The molecule has 0 aromatic heterocycles. The molecule has 0 heterocycles. The predicted molar refractivity (Wildman–Crippen MR) is 125 cm³/mol. The molecule has 170 valence electrons. The molecule has 0 radical (unpaired) electrons. The maximum Gasteiger partial charge on any atom is 0.326 e. The second kappa shape index (κ2) is 10.1. The maximum absolute atomic E-state index is 13.5. The van der Waals surface area contributed by atoms with Crippen LogP contribution in [0.1, 0.15) is 42.3 Å². The minimum Gasteiger partial charge on any atom is -0.480 e. The molecule has 0 fully saturated rings. The Hall–Kier alpha value is -3.93. The summed E-state index contributed by atoms with van der Waals surface area (Å²) >= 11 is 0.